The summed E-state index contributed by atoms with van der Waals surface area (Å²) in [5, 5.41) is 4.57. The molecule has 0 aliphatic carbocycles. The topological polar surface area (TPSA) is 84.5 Å². The minimum atomic E-state index is -0.650. The van der Waals surface area contributed by atoms with Crippen molar-refractivity contribution in [2.24, 2.45) is 0 Å². The van der Waals surface area contributed by atoms with Crippen molar-refractivity contribution < 1.29 is 19.1 Å². The van der Waals surface area contributed by atoms with E-state index in [9.17, 15) is 14.4 Å². The molecule has 0 aromatic heterocycles. The van der Waals surface area contributed by atoms with Crippen molar-refractivity contribution in [2.45, 2.75) is 25.2 Å². The average Bonchev–Trinajstić information content (AvgIpc) is 2.50. The Morgan fingerprint density at radius 2 is 1.95 bits per heavy atom. The van der Waals surface area contributed by atoms with E-state index in [1.807, 2.05) is 38.1 Å². The zero-order valence-electron chi connectivity index (χ0n) is 12.7. The molecule has 0 unspecified atom stereocenters. The van der Waals surface area contributed by atoms with Gasteiger partial charge in [0.25, 0.3) is 5.91 Å². The summed E-state index contributed by atoms with van der Waals surface area (Å²) in [6.07, 6.45) is 0.771. The number of ether oxygens (including phenoxy) is 1. The number of nitrogens with one attached hydrogen (secondary N) is 2. The number of carbonyl (C=O) groups is 3. The van der Waals surface area contributed by atoms with E-state index >= 15 is 0 Å². The summed E-state index contributed by atoms with van der Waals surface area (Å²) in [6, 6.07) is 7.10. The van der Waals surface area contributed by atoms with Crippen molar-refractivity contribution in [3.8, 4) is 0 Å². The van der Waals surface area contributed by atoms with Gasteiger partial charge in [-0.25, -0.2) is 4.79 Å². The van der Waals surface area contributed by atoms with Crippen LogP contribution in [0.25, 0.3) is 0 Å². The second kappa shape index (κ2) is 9.83. The van der Waals surface area contributed by atoms with Crippen molar-refractivity contribution in [3.05, 3.63) is 29.8 Å². The van der Waals surface area contributed by atoms with Crippen LogP contribution >= 0.6 is 11.8 Å². The van der Waals surface area contributed by atoms with E-state index in [1.165, 1.54) is 11.8 Å². The molecule has 0 heterocycles. The molecule has 120 valence electrons. The molecule has 0 saturated heterocycles. The van der Waals surface area contributed by atoms with Crippen molar-refractivity contribution in [1.29, 1.82) is 0 Å². The molecule has 1 aromatic carbocycles. The Bertz CT molecular complexity index is 534. The number of hydrogen-bond acceptors (Lipinski definition) is 5. The number of carbonyl (C=O) groups excluding carboxylic acids is 3. The quantitative estimate of drug-likeness (QED) is 0.591. The Kier molecular flexibility index (Phi) is 8.06. The maximum Gasteiger partial charge on any atom is 0.321 e. The zero-order chi connectivity index (χ0) is 16.4. The average molecular weight is 324 g/mol. The van der Waals surface area contributed by atoms with Gasteiger partial charge in [-0.05, 0) is 25.0 Å². The first-order chi connectivity index (χ1) is 10.5. The van der Waals surface area contributed by atoms with E-state index in [0.717, 1.165) is 16.9 Å². The fraction of sp³-hybridized carbons (Fsp3) is 0.400. The summed E-state index contributed by atoms with van der Waals surface area (Å²) < 4.78 is 4.82. The molecule has 0 radical (unpaired) electrons. The van der Waals surface area contributed by atoms with E-state index in [2.05, 4.69) is 10.6 Å². The number of hydrogen-bond donors (Lipinski definition) is 2. The Balaban J connectivity index is 2.24. The van der Waals surface area contributed by atoms with Crippen LogP contribution < -0.4 is 10.6 Å². The summed E-state index contributed by atoms with van der Waals surface area (Å²) in [7, 11) is 0. The number of esters is 1. The van der Waals surface area contributed by atoms with E-state index in [4.69, 9.17) is 4.74 Å². The fourth-order valence-corrected chi connectivity index (χ4v) is 2.32. The maximum atomic E-state index is 11.6. The van der Waals surface area contributed by atoms with Gasteiger partial charge in [0.05, 0.1) is 5.75 Å². The van der Waals surface area contributed by atoms with Gasteiger partial charge < -0.3 is 10.1 Å². The summed E-state index contributed by atoms with van der Waals surface area (Å²) in [6.45, 7) is 3.87. The van der Waals surface area contributed by atoms with E-state index < -0.39 is 24.5 Å². The van der Waals surface area contributed by atoms with Crippen LogP contribution in [0.3, 0.4) is 0 Å². The molecular formula is C15H20N2O4S. The molecule has 7 heteroatoms. The third-order valence-electron chi connectivity index (χ3n) is 2.59. The molecule has 22 heavy (non-hydrogen) atoms. The van der Waals surface area contributed by atoms with Crippen molar-refractivity contribution in [1.82, 2.24) is 10.6 Å². The summed E-state index contributed by atoms with van der Waals surface area (Å²) in [4.78, 5) is 35.2. The Morgan fingerprint density at radius 3 is 2.64 bits per heavy atom. The van der Waals surface area contributed by atoms with E-state index in [1.54, 1.807) is 0 Å². The van der Waals surface area contributed by atoms with Gasteiger partial charge in [0.1, 0.15) is 0 Å². The SMILES string of the molecule is CCCNC(=O)NC(=O)COC(=O)CSc1ccccc1C. The first kappa shape index (κ1) is 18.0. The highest BCUT2D eigenvalue weighted by Gasteiger charge is 2.11. The lowest BCUT2D eigenvalue weighted by atomic mass is 10.2. The molecule has 0 bridgehead atoms. The molecule has 1 rings (SSSR count). The molecule has 0 aliphatic heterocycles. The number of urea groups is 1. The number of aryl methyl sites for hydroxylation is 1. The van der Waals surface area contributed by atoms with Crippen LogP contribution in [0.1, 0.15) is 18.9 Å². The molecule has 6 nitrogen and oxygen atoms in total. The second-order valence-corrected chi connectivity index (χ2v) is 5.54. The minimum Gasteiger partial charge on any atom is -0.455 e. The molecular weight excluding hydrogens is 304 g/mol. The number of thioether (sulfide) groups is 1. The summed E-state index contributed by atoms with van der Waals surface area (Å²) >= 11 is 1.35. The summed E-state index contributed by atoms with van der Waals surface area (Å²) in [5.41, 5.74) is 1.07. The first-order valence-corrected chi connectivity index (χ1v) is 7.93. The molecule has 0 atom stereocenters. The smallest absolute Gasteiger partial charge is 0.321 e. The van der Waals surface area contributed by atoms with Gasteiger partial charge in [-0.2, -0.15) is 0 Å². The van der Waals surface area contributed by atoms with Gasteiger partial charge in [-0.15, -0.1) is 11.8 Å². The first-order valence-electron chi connectivity index (χ1n) is 6.94. The fourth-order valence-electron chi connectivity index (χ4n) is 1.49. The van der Waals surface area contributed by atoms with E-state index in [0.29, 0.717) is 6.54 Å². The van der Waals surface area contributed by atoms with Crippen molar-refractivity contribution >= 4 is 29.7 Å². The van der Waals surface area contributed by atoms with Gasteiger partial charge in [0, 0.05) is 11.4 Å². The van der Waals surface area contributed by atoms with Gasteiger partial charge in [0.2, 0.25) is 0 Å². The Morgan fingerprint density at radius 1 is 1.23 bits per heavy atom. The zero-order valence-corrected chi connectivity index (χ0v) is 13.5. The molecule has 2 N–H and O–H groups in total. The molecule has 0 fully saturated rings. The predicted molar refractivity (Wildman–Crippen MR) is 84.7 cm³/mol. The largest absolute Gasteiger partial charge is 0.455 e. The highest BCUT2D eigenvalue weighted by molar-refractivity contribution is 8.00. The van der Waals surface area contributed by atoms with Gasteiger partial charge in [-0.1, -0.05) is 25.1 Å². The number of amides is 3. The van der Waals surface area contributed by atoms with Gasteiger partial charge in [0.15, 0.2) is 6.61 Å². The Labute approximate surface area is 134 Å². The van der Waals surface area contributed by atoms with Crippen LogP contribution in [0.15, 0.2) is 29.2 Å². The van der Waals surface area contributed by atoms with E-state index in [-0.39, 0.29) is 5.75 Å². The van der Waals surface area contributed by atoms with Gasteiger partial charge in [-0.3, -0.25) is 14.9 Å². The minimum absolute atomic E-state index is 0.111. The third kappa shape index (κ3) is 7.12. The highest BCUT2D eigenvalue weighted by Crippen LogP contribution is 2.21. The predicted octanol–water partition coefficient (Wildman–Crippen LogP) is 1.87. The highest BCUT2D eigenvalue weighted by atomic mass is 32.2. The van der Waals surface area contributed by atoms with Crippen LogP contribution in [0.4, 0.5) is 4.79 Å². The standard InChI is InChI=1S/C15H20N2O4S/c1-3-8-16-15(20)17-13(18)9-21-14(19)10-22-12-7-5-4-6-11(12)2/h4-7H,3,8-10H2,1-2H3,(H2,16,17,18,20). The molecule has 0 spiro atoms. The normalized spacial score (nSPS) is 9.91. The lowest BCUT2D eigenvalue weighted by Crippen LogP contribution is -2.41. The number of benzene rings is 1. The lowest BCUT2D eigenvalue weighted by molar-refractivity contribution is -0.145. The third-order valence-corrected chi connectivity index (χ3v) is 3.74. The van der Waals surface area contributed by atoms with Crippen LogP contribution in [-0.2, 0) is 14.3 Å². The lowest BCUT2D eigenvalue weighted by Gasteiger charge is -2.07. The summed E-state index contributed by atoms with van der Waals surface area (Å²) in [5.74, 6) is -1.04. The number of imide groups is 1. The monoisotopic (exact) mass is 324 g/mol. The molecule has 0 aliphatic rings. The molecule has 3 amide bonds. The van der Waals surface area contributed by atoms with Crippen LogP contribution in [0.2, 0.25) is 0 Å². The van der Waals surface area contributed by atoms with Crippen molar-refractivity contribution in [3.63, 3.8) is 0 Å². The van der Waals surface area contributed by atoms with Crippen LogP contribution in [-0.4, -0.2) is 36.8 Å². The van der Waals surface area contributed by atoms with Crippen LogP contribution in [0.5, 0.6) is 0 Å². The Hall–Kier alpha value is -2.02. The molecule has 1 aromatic rings. The van der Waals surface area contributed by atoms with Crippen LogP contribution in [0, 0.1) is 6.92 Å². The molecule has 0 saturated carbocycles. The van der Waals surface area contributed by atoms with Gasteiger partial charge >= 0.3 is 12.0 Å². The van der Waals surface area contributed by atoms with Crippen molar-refractivity contribution in [2.75, 3.05) is 18.9 Å². The second-order valence-electron chi connectivity index (χ2n) is 4.52. The maximum absolute atomic E-state index is 11.6. The number of rotatable bonds is 7.